The molecule has 17 heavy (non-hydrogen) atoms. The Morgan fingerprint density at radius 3 is 2.88 bits per heavy atom. The fourth-order valence-electron chi connectivity index (χ4n) is 2.58. The zero-order chi connectivity index (χ0) is 12.3. The van der Waals surface area contributed by atoms with Gasteiger partial charge in [-0.05, 0) is 58.8 Å². The second-order valence-corrected chi connectivity index (χ2v) is 6.27. The third-order valence-electron chi connectivity index (χ3n) is 3.46. The molecule has 94 valence electrons. The molecule has 0 spiro atoms. The highest BCUT2D eigenvalue weighted by Crippen LogP contribution is 2.32. The summed E-state index contributed by atoms with van der Waals surface area (Å²) in [5.41, 5.74) is 1.37. The number of hydrogen-bond acceptors (Lipinski definition) is 1. The first-order valence-electron chi connectivity index (χ1n) is 6.15. The maximum atomic E-state index is 6.23. The number of halogens is 2. The van der Waals surface area contributed by atoms with Crippen molar-refractivity contribution in [3.8, 4) is 5.75 Å². The number of hydrogen-bond donors (Lipinski definition) is 0. The Balaban J connectivity index is 2.00. The van der Waals surface area contributed by atoms with Crippen LogP contribution in [-0.2, 0) is 6.42 Å². The Labute approximate surface area is 117 Å². The minimum absolute atomic E-state index is 0.385. The largest absolute Gasteiger partial charge is 0.496 e. The van der Waals surface area contributed by atoms with E-state index in [-0.39, 0.29) is 0 Å². The molecule has 0 aromatic heterocycles. The molecule has 0 radical (unpaired) electrons. The molecular formula is C14H18BrClO. The van der Waals surface area contributed by atoms with Crippen molar-refractivity contribution in [1.82, 2.24) is 0 Å². The lowest BCUT2D eigenvalue weighted by Crippen LogP contribution is -2.17. The maximum Gasteiger partial charge on any atom is 0.133 e. The summed E-state index contributed by atoms with van der Waals surface area (Å²) in [5, 5.41) is 0.385. The Bertz CT molecular complexity index is 380. The minimum atomic E-state index is 0.385. The van der Waals surface area contributed by atoms with Crippen LogP contribution in [0.4, 0.5) is 0 Å². The first kappa shape index (κ1) is 13.2. The first-order chi connectivity index (χ1) is 8.19. The SMILES string of the molecule is COc1ccc(CC2CCCC(Cl)C2)cc1Br. The fourth-order valence-corrected chi connectivity index (χ4v) is 3.58. The van der Waals surface area contributed by atoms with Crippen molar-refractivity contribution in [2.24, 2.45) is 5.92 Å². The summed E-state index contributed by atoms with van der Waals surface area (Å²) in [6.07, 6.45) is 6.06. The number of ether oxygens (including phenoxy) is 1. The molecule has 0 saturated heterocycles. The second-order valence-electron chi connectivity index (χ2n) is 4.80. The second kappa shape index (κ2) is 6.10. The summed E-state index contributed by atoms with van der Waals surface area (Å²) in [6, 6.07) is 6.35. The predicted octanol–water partition coefficient (Wildman–Crippen LogP) is 4.80. The zero-order valence-corrected chi connectivity index (χ0v) is 12.4. The van der Waals surface area contributed by atoms with Gasteiger partial charge in [0.1, 0.15) is 5.75 Å². The summed E-state index contributed by atoms with van der Waals surface area (Å²) < 4.78 is 6.28. The van der Waals surface area contributed by atoms with Crippen LogP contribution in [0.2, 0.25) is 0 Å². The molecule has 0 amide bonds. The summed E-state index contributed by atoms with van der Waals surface area (Å²) in [4.78, 5) is 0. The Morgan fingerprint density at radius 2 is 2.24 bits per heavy atom. The van der Waals surface area contributed by atoms with Crippen LogP contribution in [-0.4, -0.2) is 12.5 Å². The van der Waals surface area contributed by atoms with Gasteiger partial charge in [-0.25, -0.2) is 0 Å². The lowest BCUT2D eigenvalue weighted by molar-refractivity contribution is 0.361. The summed E-state index contributed by atoms with van der Waals surface area (Å²) in [5.74, 6) is 1.64. The molecule has 1 aliphatic rings. The van der Waals surface area contributed by atoms with Crippen molar-refractivity contribution in [2.75, 3.05) is 7.11 Å². The van der Waals surface area contributed by atoms with Crippen LogP contribution in [0, 0.1) is 5.92 Å². The van der Waals surface area contributed by atoms with E-state index in [0.717, 1.165) is 29.0 Å². The highest BCUT2D eigenvalue weighted by molar-refractivity contribution is 9.10. The minimum Gasteiger partial charge on any atom is -0.496 e. The van der Waals surface area contributed by atoms with Gasteiger partial charge in [-0.3, -0.25) is 0 Å². The molecule has 1 saturated carbocycles. The van der Waals surface area contributed by atoms with E-state index in [1.54, 1.807) is 7.11 Å². The van der Waals surface area contributed by atoms with E-state index in [9.17, 15) is 0 Å². The monoisotopic (exact) mass is 316 g/mol. The molecule has 1 fully saturated rings. The summed E-state index contributed by atoms with van der Waals surface area (Å²) in [6.45, 7) is 0. The standard InChI is InChI=1S/C14H18BrClO/c1-17-14-6-5-11(9-13(14)15)7-10-3-2-4-12(16)8-10/h5-6,9-10,12H,2-4,7-8H2,1H3. The van der Waals surface area contributed by atoms with E-state index >= 15 is 0 Å². The van der Waals surface area contributed by atoms with Crippen molar-refractivity contribution in [2.45, 2.75) is 37.5 Å². The third kappa shape index (κ3) is 3.62. The molecule has 1 aromatic carbocycles. The molecule has 1 nitrogen and oxygen atoms in total. The van der Waals surface area contributed by atoms with Gasteiger partial charge in [0.2, 0.25) is 0 Å². The van der Waals surface area contributed by atoms with Crippen molar-refractivity contribution in [1.29, 1.82) is 0 Å². The molecule has 2 rings (SSSR count). The van der Waals surface area contributed by atoms with Gasteiger partial charge in [0.05, 0.1) is 11.6 Å². The molecule has 0 bridgehead atoms. The van der Waals surface area contributed by atoms with Crippen LogP contribution in [0.25, 0.3) is 0 Å². The molecule has 1 aromatic rings. The number of alkyl halides is 1. The lowest BCUT2D eigenvalue weighted by Gasteiger charge is -2.25. The number of rotatable bonds is 3. The number of methoxy groups -OCH3 is 1. The highest BCUT2D eigenvalue weighted by atomic mass is 79.9. The topological polar surface area (TPSA) is 9.23 Å². The summed E-state index contributed by atoms with van der Waals surface area (Å²) >= 11 is 9.76. The van der Waals surface area contributed by atoms with Gasteiger partial charge in [-0.1, -0.05) is 18.9 Å². The Hall–Kier alpha value is -0.210. The maximum absolute atomic E-state index is 6.23. The van der Waals surface area contributed by atoms with Crippen molar-refractivity contribution < 1.29 is 4.74 Å². The molecule has 2 unspecified atom stereocenters. The lowest BCUT2D eigenvalue weighted by atomic mass is 9.84. The molecule has 1 aliphatic carbocycles. The quantitative estimate of drug-likeness (QED) is 0.728. The van der Waals surface area contributed by atoms with Crippen LogP contribution in [0.1, 0.15) is 31.2 Å². The summed E-state index contributed by atoms with van der Waals surface area (Å²) in [7, 11) is 1.69. The van der Waals surface area contributed by atoms with Gasteiger partial charge in [0.15, 0.2) is 0 Å². The third-order valence-corrected chi connectivity index (χ3v) is 4.48. The van der Waals surface area contributed by atoms with Gasteiger partial charge >= 0.3 is 0 Å². The average Bonchev–Trinajstić information content (AvgIpc) is 2.29. The van der Waals surface area contributed by atoms with Crippen molar-refractivity contribution in [3.63, 3.8) is 0 Å². The molecule has 3 heteroatoms. The molecular weight excluding hydrogens is 300 g/mol. The van der Waals surface area contributed by atoms with E-state index in [2.05, 4.69) is 28.1 Å². The highest BCUT2D eigenvalue weighted by Gasteiger charge is 2.20. The van der Waals surface area contributed by atoms with Gasteiger partial charge in [0.25, 0.3) is 0 Å². The Morgan fingerprint density at radius 1 is 1.41 bits per heavy atom. The van der Waals surface area contributed by atoms with Crippen LogP contribution in [0.5, 0.6) is 5.75 Å². The van der Waals surface area contributed by atoms with E-state index in [1.807, 2.05) is 6.07 Å². The van der Waals surface area contributed by atoms with Gasteiger partial charge in [-0.2, -0.15) is 0 Å². The average molecular weight is 318 g/mol. The van der Waals surface area contributed by atoms with Gasteiger partial charge in [-0.15, -0.1) is 11.6 Å². The molecule has 0 aliphatic heterocycles. The van der Waals surface area contributed by atoms with E-state index < -0.39 is 0 Å². The van der Waals surface area contributed by atoms with E-state index in [1.165, 1.54) is 24.8 Å². The van der Waals surface area contributed by atoms with Crippen LogP contribution < -0.4 is 4.74 Å². The molecule has 0 heterocycles. The van der Waals surface area contributed by atoms with Crippen molar-refractivity contribution in [3.05, 3.63) is 28.2 Å². The molecule has 2 atom stereocenters. The first-order valence-corrected chi connectivity index (χ1v) is 7.38. The van der Waals surface area contributed by atoms with Crippen molar-refractivity contribution >= 4 is 27.5 Å². The number of benzene rings is 1. The molecule has 0 N–H and O–H groups in total. The smallest absolute Gasteiger partial charge is 0.133 e. The van der Waals surface area contributed by atoms with Gasteiger partial charge < -0.3 is 4.74 Å². The van der Waals surface area contributed by atoms with E-state index in [4.69, 9.17) is 16.3 Å². The van der Waals surface area contributed by atoms with Crippen LogP contribution >= 0.6 is 27.5 Å². The zero-order valence-electron chi connectivity index (χ0n) is 10.1. The Kier molecular flexibility index (Phi) is 4.75. The van der Waals surface area contributed by atoms with Crippen LogP contribution in [0.15, 0.2) is 22.7 Å². The van der Waals surface area contributed by atoms with Gasteiger partial charge in [0, 0.05) is 5.38 Å². The fraction of sp³-hybridized carbons (Fsp3) is 0.571. The predicted molar refractivity (Wildman–Crippen MR) is 76.0 cm³/mol. The van der Waals surface area contributed by atoms with Crippen LogP contribution in [0.3, 0.4) is 0 Å². The normalized spacial score (nSPS) is 24.6. The van der Waals surface area contributed by atoms with E-state index in [0.29, 0.717) is 5.38 Å².